The Hall–Kier alpha value is -0.900. The zero-order valence-electron chi connectivity index (χ0n) is 9.32. The molecule has 0 aliphatic heterocycles. The first-order valence-corrected chi connectivity index (χ1v) is 6.64. The maximum atomic E-state index is 12.3. The number of aromatic nitrogens is 1. The Bertz CT molecular complexity index is 390. The van der Waals surface area contributed by atoms with Crippen molar-refractivity contribution >= 4 is 21.8 Å². The normalized spacial score (nSPS) is 14.9. The number of nitrogens with zero attached hydrogens (tertiary/aromatic N) is 2. The molecule has 16 heavy (non-hydrogen) atoms. The highest BCUT2D eigenvalue weighted by Crippen LogP contribution is 2.28. The molecule has 1 aromatic rings. The SMILES string of the molecule is Cc1cccnc1C(=O)N(CCBr)C1CC1. The zero-order chi connectivity index (χ0) is 11.5. The molecule has 1 aromatic heterocycles. The highest BCUT2D eigenvalue weighted by molar-refractivity contribution is 9.09. The van der Waals surface area contributed by atoms with E-state index < -0.39 is 0 Å². The van der Waals surface area contributed by atoms with Crippen molar-refractivity contribution in [3.8, 4) is 0 Å². The quantitative estimate of drug-likeness (QED) is 0.795. The Morgan fingerprint density at radius 1 is 1.62 bits per heavy atom. The molecule has 1 fully saturated rings. The second-order valence-corrected chi connectivity index (χ2v) is 4.88. The number of halogens is 1. The maximum Gasteiger partial charge on any atom is 0.272 e. The van der Waals surface area contributed by atoms with E-state index in [2.05, 4.69) is 20.9 Å². The van der Waals surface area contributed by atoms with Crippen molar-refractivity contribution < 1.29 is 4.79 Å². The number of carbonyl (C=O) groups is 1. The summed E-state index contributed by atoms with van der Waals surface area (Å²) in [6.45, 7) is 2.69. The summed E-state index contributed by atoms with van der Waals surface area (Å²) in [6.07, 6.45) is 3.94. The van der Waals surface area contributed by atoms with Crippen molar-refractivity contribution in [1.82, 2.24) is 9.88 Å². The van der Waals surface area contributed by atoms with Gasteiger partial charge in [-0.25, -0.2) is 0 Å². The van der Waals surface area contributed by atoms with Crippen LogP contribution >= 0.6 is 15.9 Å². The van der Waals surface area contributed by atoms with E-state index in [0.717, 1.165) is 30.3 Å². The number of hydrogen-bond acceptors (Lipinski definition) is 2. The topological polar surface area (TPSA) is 33.2 Å². The fourth-order valence-electron chi connectivity index (χ4n) is 1.77. The molecule has 0 unspecified atom stereocenters. The van der Waals surface area contributed by atoms with Crippen LogP contribution in [0.2, 0.25) is 0 Å². The first-order chi connectivity index (χ1) is 7.74. The molecule has 4 heteroatoms. The Balaban J connectivity index is 2.19. The van der Waals surface area contributed by atoms with Gasteiger partial charge in [0, 0.05) is 24.1 Å². The third-order valence-electron chi connectivity index (χ3n) is 2.79. The Morgan fingerprint density at radius 3 is 2.94 bits per heavy atom. The smallest absolute Gasteiger partial charge is 0.272 e. The number of pyridine rings is 1. The van der Waals surface area contributed by atoms with Crippen LogP contribution in [0.15, 0.2) is 18.3 Å². The highest BCUT2D eigenvalue weighted by atomic mass is 79.9. The second-order valence-electron chi connectivity index (χ2n) is 4.09. The van der Waals surface area contributed by atoms with Gasteiger partial charge in [0.1, 0.15) is 5.69 Å². The van der Waals surface area contributed by atoms with Crippen LogP contribution in [-0.4, -0.2) is 33.7 Å². The van der Waals surface area contributed by atoms with Crippen molar-refractivity contribution in [3.05, 3.63) is 29.6 Å². The van der Waals surface area contributed by atoms with Crippen LogP contribution < -0.4 is 0 Å². The molecule has 86 valence electrons. The van der Waals surface area contributed by atoms with Crippen molar-refractivity contribution in [2.45, 2.75) is 25.8 Å². The lowest BCUT2D eigenvalue weighted by molar-refractivity contribution is 0.0748. The minimum absolute atomic E-state index is 0.0695. The van der Waals surface area contributed by atoms with Crippen molar-refractivity contribution in [2.75, 3.05) is 11.9 Å². The summed E-state index contributed by atoms with van der Waals surface area (Å²) >= 11 is 3.39. The van der Waals surface area contributed by atoms with Gasteiger partial charge in [0.2, 0.25) is 0 Å². The first kappa shape index (κ1) is 11.6. The summed E-state index contributed by atoms with van der Waals surface area (Å²) in [5.74, 6) is 0.0695. The van der Waals surface area contributed by atoms with E-state index in [4.69, 9.17) is 0 Å². The molecule has 3 nitrogen and oxygen atoms in total. The van der Waals surface area contributed by atoms with E-state index in [0.29, 0.717) is 11.7 Å². The summed E-state index contributed by atoms with van der Waals surface area (Å²) in [5, 5.41) is 0.821. The van der Waals surface area contributed by atoms with Crippen molar-refractivity contribution in [1.29, 1.82) is 0 Å². The van der Waals surface area contributed by atoms with Crippen LogP contribution in [0.5, 0.6) is 0 Å². The predicted molar refractivity (Wildman–Crippen MR) is 66.8 cm³/mol. The van der Waals surface area contributed by atoms with Gasteiger partial charge in [-0.15, -0.1) is 0 Å². The average Bonchev–Trinajstić information content (AvgIpc) is 3.09. The predicted octanol–water partition coefficient (Wildman–Crippen LogP) is 2.39. The highest BCUT2D eigenvalue weighted by Gasteiger charge is 2.33. The molecular formula is C12H15BrN2O. The minimum Gasteiger partial charge on any atom is -0.333 e. The number of hydrogen-bond donors (Lipinski definition) is 0. The molecule has 2 rings (SSSR count). The molecule has 1 amide bonds. The number of rotatable bonds is 4. The van der Waals surface area contributed by atoms with E-state index in [1.165, 1.54) is 0 Å². The summed E-state index contributed by atoms with van der Waals surface area (Å²) in [4.78, 5) is 18.4. The standard InChI is InChI=1S/C12H15BrN2O/c1-9-3-2-7-14-11(9)12(16)15(8-6-13)10-4-5-10/h2-3,7,10H,4-6,8H2,1H3. The monoisotopic (exact) mass is 282 g/mol. The van der Waals surface area contributed by atoms with Gasteiger partial charge in [0.05, 0.1) is 0 Å². The van der Waals surface area contributed by atoms with Crippen LogP contribution in [0.3, 0.4) is 0 Å². The van der Waals surface area contributed by atoms with Crippen molar-refractivity contribution in [2.24, 2.45) is 0 Å². The summed E-state index contributed by atoms with van der Waals surface area (Å²) < 4.78 is 0. The van der Waals surface area contributed by atoms with Gasteiger partial charge in [0.15, 0.2) is 0 Å². The fraction of sp³-hybridized carbons (Fsp3) is 0.500. The summed E-state index contributed by atoms with van der Waals surface area (Å²) in [5.41, 5.74) is 1.54. The summed E-state index contributed by atoms with van der Waals surface area (Å²) in [6, 6.07) is 4.23. The molecule has 1 heterocycles. The molecule has 0 N–H and O–H groups in total. The lowest BCUT2D eigenvalue weighted by Gasteiger charge is -2.21. The van der Waals surface area contributed by atoms with Crippen LogP contribution in [0.25, 0.3) is 0 Å². The van der Waals surface area contributed by atoms with E-state index in [-0.39, 0.29) is 5.91 Å². The number of aryl methyl sites for hydroxylation is 1. The molecule has 1 saturated carbocycles. The molecular weight excluding hydrogens is 268 g/mol. The molecule has 0 radical (unpaired) electrons. The second kappa shape index (κ2) is 4.95. The van der Waals surface area contributed by atoms with E-state index in [1.54, 1.807) is 6.20 Å². The third-order valence-corrected chi connectivity index (χ3v) is 3.14. The Kier molecular flexibility index (Phi) is 3.59. The van der Waals surface area contributed by atoms with Crippen LogP contribution in [0, 0.1) is 6.92 Å². The van der Waals surface area contributed by atoms with Gasteiger partial charge in [0.25, 0.3) is 5.91 Å². The summed E-state index contributed by atoms with van der Waals surface area (Å²) in [7, 11) is 0. The molecule has 0 spiro atoms. The van der Waals surface area contributed by atoms with Crippen LogP contribution in [0.4, 0.5) is 0 Å². The fourth-order valence-corrected chi connectivity index (χ4v) is 2.15. The molecule has 1 aliphatic rings. The first-order valence-electron chi connectivity index (χ1n) is 5.52. The van der Waals surface area contributed by atoms with E-state index >= 15 is 0 Å². The zero-order valence-corrected chi connectivity index (χ0v) is 10.9. The van der Waals surface area contributed by atoms with E-state index in [9.17, 15) is 4.79 Å². The van der Waals surface area contributed by atoms with E-state index in [1.807, 2.05) is 24.0 Å². The average molecular weight is 283 g/mol. The van der Waals surface area contributed by atoms with Crippen LogP contribution in [0.1, 0.15) is 28.9 Å². The van der Waals surface area contributed by atoms with Gasteiger partial charge in [-0.05, 0) is 31.4 Å². The van der Waals surface area contributed by atoms with Crippen LogP contribution in [-0.2, 0) is 0 Å². The third kappa shape index (κ3) is 2.43. The Morgan fingerprint density at radius 2 is 2.38 bits per heavy atom. The largest absolute Gasteiger partial charge is 0.333 e. The molecule has 0 aromatic carbocycles. The van der Waals surface area contributed by atoms with Gasteiger partial charge in [-0.3, -0.25) is 9.78 Å². The number of alkyl halides is 1. The molecule has 0 bridgehead atoms. The molecule has 0 atom stereocenters. The van der Waals surface area contributed by atoms with Gasteiger partial charge in [-0.2, -0.15) is 0 Å². The van der Waals surface area contributed by atoms with Gasteiger partial charge < -0.3 is 4.90 Å². The minimum atomic E-state index is 0.0695. The van der Waals surface area contributed by atoms with Gasteiger partial charge >= 0.3 is 0 Å². The number of carbonyl (C=O) groups excluding carboxylic acids is 1. The lowest BCUT2D eigenvalue weighted by Crippen LogP contribution is -2.35. The van der Waals surface area contributed by atoms with Crippen molar-refractivity contribution in [3.63, 3.8) is 0 Å². The Labute approximate surface area is 104 Å². The lowest BCUT2D eigenvalue weighted by atomic mass is 10.2. The number of amides is 1. The molecule has 1 aliphatic carbocycles. The molecule has 0 saturated heterocycles. The maximum absolute atomic E-state index is 12.3. The van der Waals surface area contributed by atoms with Gasteiger partial charge in [-0.1, -0.05) is 22.0 Å².